The van der Waals surface area contributed by atoms with Crippen LogP contribution in [0.25, 0.3) is 32.3 Å². The summed E-state index contributed by atoms with van der Waals surface area (Å²) < 4.78 is 16.7. The van der Waals surface area contributed by atoms with Crippen LogP contribution < -0.4 is 16.2 Å². The molecule has 1 aromatic heterocycles. The summed E-state index contributed by atoms with van der Waals surface area (Å²) in [5.74, 6) is 5.63. The van der Waals surface area contributed by atoms with E-state index in [4.69, 9.17) is 19.6 Å². The first kappa shape index (κ1) is 28.3. The highest BCUT2D eigenvalue weighted by molar-refractivity contribution is 6.27. The molecular weight excluding hydrogens is 546 g/mol. The zero-order valence-corrected chi connectivity index (χ0v) is 23.8. The quantitative estimate of drug-likeness (QED) is 0.0898. The van der Waals surface area contributed by atoms with E-state index in [1.165, 1.54) is 6.33 Å². The fourth-order valence-corrected chi connectivity index (χ4v) is 5.76. The lowest BCUT2D eigenvalue weighted by Gasteiger charge is -2.16. The molecule has 10 heteroatoms. The minimum absolute atomic E-state index is 0.0140. The molecule has 4 aromatic carbocycles. The Morgan fingerprint density at radius 2 is 1.88 bits per heavy atom. The van der Waals surface area contributed by atoms with Crippen LogP contribution in [0, 0.1) is 17.3 Å². The third-order valence-electron chi connectivity index (χ3n) is 7.74. The molecule has 1 fully saturated rings. The largest absolute Gasteiger partial charge is 0.382 e. The van der Waals surface area contributed by atoms with Crippen LogP contribution in [-0.4, -0.2) is 67.4 Å². The first-order chi connectivity index (χ1) is 21.0. The van der Waals surface area contributed by atoms with Gasteiger partial charge in [0.15, 0.2) is 0 Å². The van der Waals surface area contributed by atoms with E-state index in [9.17, 15) is 9.59 Å². The standard InChI is InChI=1S/C33H31N5O5/c1-41-17-26-25(42-2)16-27(43-26)38-31-30(33(40)37-18-36-31)24(34)11-3-4-14-35-32(39)23-15-21-9-5-7-19-12-13-20-8-6-10-22(23)29(20)28(19)21/h5-10,12-13,15,18,25-27,34H,4,14,16-17H2,1-2H3,(H,35,39)(H2,36,37,38,40)/t25?,26-,27-/m1/s1. The van der Waals surface area contributed by atoms with Gasteiger partial charge in [-0.3, -0.25) is 15.0 Å². The van der Waals surface area contributed by atoms with Crippen LogP contribution in [0.5, 0.6) is 0 Å². The van der Waals surface area contributed by atoms with Crippen LogP contribution >= 0.6 is 0 Å². The molecule has 0 aliphatic carbocycles. The van der Waals surface area contributed by atoms with E-state index < -0.39 is 11.8 Å². The summed E-state index contributed by atoms with van der Waals surface area (Å²) in [4.78, 5) is 32.7. The van der Waals surface area contributed by atoms with E-state index in [1.54, 1.807) is 14.2 Å². The molecule has 6 rings (SSSR count). The Labute approximate surface area is 247 Å². The summed E-state index contributed by atoms with van der Waals surface area (Å²) in [6.07, 6.45) is 1.14. The summed E-state index contributed by atoms with van der Waals surface area (Å²) >= 11 is 0. The Morgan fingerprint density at radius 3 is 2.67 bits per heavy atom. The predicted octanol–water partition coefficient (Wildman–Crippen LogP) is 4.05. The molecule has 0 saturated carbocycles. The van der Waals surface area contributed by atoms with Gasteiger partial charge in [-0.1, -0.05) is 54.5 Å². The van der Waals surface area contributed by atoms with Gasteiger partial charge >= 0.3 is 0 Å². The van der Waals surface area contributed by atoms with Crippen LogP contribution in [-0.2, 0) is 14.2 Å². The van der Waals surface area contributed by atoms with Gasteiger partial charge in [0.2, 0.25) is 0 Å². The topological polar surface area (TPSA) is 138 Å². The van der Waals surface area contributed by atoms with Crippen molar-refractivity contribution in [1.29, 1.82) is 5.41 Å². The average Bonchev–Trinajstić information content (AvgIpc) is 3.40. The van der Waals surface area contributed by atoms with Gasteiger partial charge < -0.3 is 29.8 Å². The maximum atomic E-state index is 13.3. The van der Waals surface area contributed by atoms with Gasteiger partial charge in [0.05, 0.1) is 19.0 Å². The number of carbonyl (C=O) groups excluding carboxylic acids is 1. The van der Waals surface area contributed by atoms with Crippen molar-refractivity contribution in [2.24, 2.45) is 0 Å². The minimum Gasteiger partial charge on any atom is -0.382 e. The van der Waals surface area contributed by atoms with Gasteiger partial charge in [-0.05, 0) is 44.3 Å². The molecule has 3 atom stereocenters. The SMILES string of the molecule is COC[C@H]1O[C@@H](Nc2nc[nH]c(=O)c2C(=N)C#CCCNC(=O)c2cc3cccc4ccc5cccc2c5c43)CC1OC. The number of carbonyl (C=O) groups is 1. The van der Waals surface area contributed by atoms with Gasteiger partial charge in [-0.2, -0.15) is 0 Å². The number of rotatable bonds is 9. The van der Waals surface area contributed by atoms with Crippen molar-refractivity contribution in [3.8, 4) is 11.8 Å². The van der Waals surface area contributed by atoms with Gasteiger partial charge in [-0.15, -0.1) is 0 Å². The molecule has 1 saturated heterocycles. The molecule has 218 valence electrons. The van der Waals surface area contributed by atoms with E-state index in [0.29, 0.717) is 25.0 Å². The summed E-state index contributed by atoms with van der Waals surface area (Å²) in [7, 11) is 3.20. The molecule has 1 aliphatic heterocycles. The second-order valence-electron chi connectivity index (χ2n) is 10.4. The first-order valence-corrected chi connectivity index (χ1v) is 14.0. The number of H-pyrrole nitrogens is 1. The minimum atomic E-state index is -0.492. The molecule has 2 heterocycles. The van der Waals surface area contributed by atoms with Crippen LogP contribution in [0.15, 0.2) is 65.7 Å². The number of nitrogens with one attached hydrogen (secondary N) is 4. The third-order valence-corrected chi connectivity index (χ3v) is 7.74. The van der Waals surface area contributed by atoms with E-state index in [2.05, 4.69) is 56.7 Å². The van der Waals surface area contributed by atoms with Crippen molar-refractivity contribution in [3.63, 3.8) is 0 Å². The maximum Gasteiger partial charge on any atom is 0.262 e. The van der Waals surface area contributed by atoms with Crippen LogP contribution in [0.2, 0.25) is 0 Å². The maximum absolute atomic E-state index is 13.3. The Balaban J connectivity index is 1.13. The Hall–Kier alpha value is -4.82. The van der Waals surface area contributed by atoms with Crippen LogP contribution in [0.1, 0.15) is 28.8 Å². The number of benzene rings is 4. The fourth-order valence-electron chi connectivity index (χ4n) is 5.76. The smallest absolute Gasteiger partial charge is 0.262 e. The lowest BCUT2D eigenvalue weighted by molar-refractivity contribution is -0.0390. The number of aromatic amines is 1. The normalized spacial score (nSPS) is 18.1. The molecule has 1 amide bonds. The Morgan fingerprint density at radius 1 is 1.12 bits per heavy atom. The van der Waals surface area contributed by atoms with Crippen LogP contribution in [0.4, 0.5) is 5.82 Å². The number of anilines is 1. The highest BCUT2D eigenvalue weighted by Gasteiger charge is 2.36. The molecule has 5 aromatic rings. The summed E-state index contributed by atoms with van der Waals surface area (Å²) in [6, 6.07) is 18.2. The van der Waals surface area contributed by atoms with Crippen molar-refractivity contribution in [2.75, 3.05) is 32.7 Å². The number of hydrogen-bond donors (Lipinski definition) is 4. The van der Waals surface area contributed by atoms with Crippen molar-refractivity contribution >= 4 is 49.8 Å². The number of nitrogens with zero attached hydrogens (tertiary/aromatic N) is 1. The second-order valence-corrected chi connectivity index (χ2v) is 10.4. The van der Waals surface area contributed by atoms with Gasteiger partial charge in [0.1, 0.15) is 29.4 Å². The molecule has 4 N–H and O–H groups in total. The predicted molar refractivity (Wildman–Crippen MR) is 166 cm³/mol. The zero-order valence-electron chi connectivity index (χ0n) is 23.8. The highest BCUT2D eigenvalue weighted by atomic mass is 16.6. The monoisotopic (exact) mass is 577 g/mol. The van der Waals surface area contributed by atoms with Crippen molar-refractivity contribution in [3.05, 3.63) is 82.4 Å². The molecular formula is C33H31N5O5. The van der Waals surface area contributed by atoms with E-state index in [-0.39, 0.29) is 41.8 Å². The molecule has 1 unspecified atom stereocenters. The highest BCUT2D eigenvalue weighted by Crippen LogP contribution is 2.36. The Bertz CT molecular complexity index is 1940. The first-order valence-electron chi connectivity index (χ1n) is 14.0. The number of aromatic nitrogens is 2. The number of ether oxygens (including phenoxy) is 3. The van der Waals surface area contributed by atoms with Gasteiger partial charge in [0, 0.05) is 39.2 Å². The zero-order chi connectivity index (χ0) is 29.9. The molecule has 43 heavy (non-hydrogen) atoms. The number of amides is 1. The Kier molecular flexibility index (Phi) is 8.03. The second kappa shape index (κ2) is 12.2. The summed E-state index contributed by atoms with van der Waals surface area (Å²) in [5.41, 5.74) is -0.0643. The van der Waals surface area contributed by atoms with Crippen molar-refractivity contribution in [1.82, 2.24) is 15.3 Å². The molecule has 0 spiro atoms. The van der Waals surface area contributed by atoms with E-state index in [1.807, 2.05) is 30.3 Å². The van der Waals surface area contributed by atoms with Crippen molar-refractivity contribution in [2.45, 2.75) is 31.3 Å². The van der Waals surface area contributed by atoms with Gasteiger partial charge in [0.25, 0.3) is 11.5 Å². The third kappa shape index (κ3) is 5.53. The van der Waals surface area contributed by atoms with E-state index in [0.717, 1.165) is 32.3 Å². The fraction of sp³-hybridized carbons (Fsp3) is 0.273. The lowest BCUT2D eigenvalue weighted by Crippen LogP contribution is -2.28. The van der Waals surface area contributed by atoms with Crippen molar-refractivity contribution < 1.29 is 19.0 Å². The summed E-state index contributed by atoms with van der Waals surface area (Å²) in [5, 5.41) is 20.9. The summed E-state index contributed by atoms with van der Waals surface area (Å²) in [6.45, 7) is 0.641. The molecule has 0 radical (unpaired) electrons. The molecule has 1 aliphatic rings. The lowest BCUT2D eigenvalue weighted by atomic mass is 9.91. The van der Waals surface area contributed by atoms with Gasteiger partial charge in [-0.25, -0.2) is 4.98 Å². The molecule has 0 bridgehead atoms. The number of hydrogen-bond acceptors (Lipinski definition) is 8. The van der Waals surface area contributed by atoms with Crippen LogP contribution in [0.3, 0.4) is 0 Å². The average molecular weight is 578 g/mol. The van der Waals surface area contributed by atoms with E-state index >= 15 is 0 Å². The number of methoxy groups -OCH3 is 2. The molecule has 10 nitrogen and oxygen atoms in total.